The van der Waals surface area contributed by atoms with Gasteiger partial charge in [0.1, 0.15) is 5.75 Å². The molecule has 29 heavy (non-hydrogen) atoms. The van der Waals surface area contributed by atoms with E-state index in [4.69, 9.17) is 4.74 Å². The van der Waals surface area contributed by atoms with Crippen LogP contribution in [-0.2, 0) is 4.79 Å². The number of ether oxygens (including phenoxy) is 1. The highest BCUT2D eigenvalue weighted by atomic mass is 16.5. The van der Waals surface area contributed by atoms with Crippen molar-refractivity contribution in [3.63, 3.8) is 0 Å². The Hall–Kier alpha value is -3.27. The molecular formula is C25H28N2O2. The quantitative estimate of drug-likeness (QED) is 0.334. The number of esters is 1. The zero-order valence-corrected chi connectivity index (χ0v) is 17.3. The van der Waals surface area contributed by atoms with Crippen LogP contribution >= 0.6 is 0 Å². The maximum atomic E-state index is 11.5. The van der Waals surface area contributed by atoms with Crippen LogP contribution in [0.4, 0.5) is 22.7 Å². The fourth-order valence-electron chi connectivity index (χ4n) is 3.29. The van der Waals surface area contributed by atoms with Crippen molar-refractivity contribution in [2.75, 3.05) is 22.9 Å². The van der Waals surface area contributed by atoms with Crippen LogP contribution in [0.2, 0.25) is 0 Å². The first-order valence-electron chi connectivity index (χ1n) is 10.2. The Labute approximate surface area is 173 Å². The second-order valence-corrected chi connectivity index (χ2v) is 6.68. The number of benzene rings is 3. The molecular weight excluding hydrogens is 360 g/mol. The van der Waals surface area contributed by atoms with Crippen molar-refractivity contribution >= 4 is 28.7 Å². The molecule has 0 amide bonds. The smallest absolute Gasteiger partial charge is 0.310 e. The summed E-state index contributed by atoms with van der Waals surface area (Å²) in [5.74, 6) is 0.329. The van der Waals surface area contributed by atoms with Crippen LogP contribution in [0.3, 0.4) is 0 Å². The van der Waals surface area contributed by atoms with Crippen LogP contribution in [0, 0.1) is 0 Å². The highest BCUT2D eigenvalue weighted by molar-refractivity contribution is 5.78. The van der Waals surface area contributed by atoms with Crippen molar-refractivity contribution in [3.8, 4) is 5.75 Å². The molecule has 0 saturated heterocycles. The van der Waals surface area contributed by atoms with Crippen molar-refractivity contribution in [2.24, 2.45) is 0 Å². The Morgan fingerprint density at radius 1 is 0.690 bits per heavy atom. The van der Waals surface area contributed by atoms with E-state index in [0.29, 0.717) is 12.2 Å². The summed E-state index contributed by atoms with van der Waals surface area (Å²) in [4.78, 5) is 16.1. The molecule has 0 heterocycles. The van der Waals surface area contributed by atoms with E-state index in [2.05, 4.69) is 60.0 Å². The first kappa shape index (κ1) is 20.5. The summed E-state index contributed by atoms with van der Waals surface area (Å²) in [7, 11) is 0. The van der Waals surface area contributed by atoms with E-state index in [1.165, 1.54) is 5.69 Å². The van der Waals surface area contributed by atoms with E-state index >= 15 is 0 Å². The molecule has 3 aromatic rings. The van der Waals surface area contributed by atoms with Crippen LogP contribution < -0.4 is 14.5 Å². The third-order valence-corrected chi connectivity index (χ3v) is 4.87. The van der Waals surface area contributed by atoms with Crippen LogP contribution in [-0.4, -0.2) is 19.1 Å². The van der Waals surface area contributed by atoms with Gasteiger partial charge in [-0.25, -0.2) is 0 Å². The van der Waals surface area contributed by atoms with Gasteiger partial charge in [-0.3, -0.25) is 4.79 Å². The molecule has 3 aromatic carbocycles. The van der Waals surface area contributed by atoms with E-state index in [1.54, 1.807) is 6.92 Å². The largest absolute Gasteiger partial charge is 0.427 e. The summed E-state index contributed by atoms with van der Waals surface area (Å²) in [5.41, 5.74) is 4.36. The normalized spacial score (nSPS) is 10.4. The lowest BCUT2D eigenvalue weighted by Gasteiger charge is -2.27. The van der Waals surface area contributed by atoms with Crippen molar-refractivity contribution < 1.29 is 9.53 Å². The molecule has 3 rings (SSSR count). The monoisotopic (exact) mass is 388 g/mol. The van der Waals surface area contributed by atoms with Crippen LogP contribution in [0.5, 0.6) is 5.75 Å². The summed E-state index contributed by atoms with van der Waals surface area (Å²) in [6.07, 6.45) is 0.358. The molecule has 0 bridgehead atoms. The first-order chi connectivity index (χ1) is 14.2. The number of carbonyl (C=O) groups is 1. The van der Waals surface area contributed by atoms with Crippen LogP contribution in [0.15, 0.2) is 78.9 Å². The Morgan fingerprint density at radius 2 is 1.17 bits per heavy atom. The number of hydrogen-bond acceptors (Lipinski definition) is 4. The molecule has 0 aliphatic heterocycles. The minimum Gasteiger partial charge on any atom is -0.427 e. The van der Waals surface area contributed by atoms with E-state index < -0.39 is 0 Å². The van der Waals surface area contributed by atoms with Gasteiger partial charge in [0, 0.05) is 42.3 Å². The summed E-state index contributed by atoms with van der Waals surface area (Å²) in [6.45, 7) is 8.09. The summed E-state index contributed by atoms with van der Waals surface area (Å²) in [6, 6.07) is 26.5. The minimum absolute atomic E-state index is 0.232. The molecule has 0 aliphatic rings. The number of rotatable bonds is 8. The van der Waals surface area contributed by atoms with E-state index in [9.17, 15) is 4.79 Å². The van der Waals surface area contributed by atoms with E-state index in [0.717, 1.165) is 30.2 Å². The fourth-order valence-corrected chi connectivity index (χ4v) is 3.29. The predicted molar refractivity (Wildman–Crippen MR) is 121 cm³/mol. The van der Waals surface area contributed by atoms with Gasteiger partial charge in [0.15, 0.2) is 0 Å². The molecule has 0 unspecified atom stereocenters. The number of hydrogen-bond donors (Lipinski definition) is 0. The third kappa shape index (κ3) is 4.96. The lowest BCUT2D eigenvalue weighted by atomic mass is 10.1. The summed E-state index contributed by atoms with van der Waals surface area (Å²) >= 11 is 0. The zero-order valence-electron chi connectivity index (χ0n) is 17.3. The molecule has 150 valence electrons. The summed E-state index contributed by atoms with van der Waals surface area (Å²) < 4.78 is 5.31. The van der Waals surface area contributed by atoms with Gasteiger partial charge in [0.25, 0.3) is 0 Å². The lowest BCUT2D eigenvalue weighted by molar-refractivity contribution is -0.134. The Bertz CT molecular complexity index is 902. The Balaban J connectivity index is 1.95. The number of nitrogens with zero attached hydrogens (tertiary/aromatic N) is 2. The molecule has 0 fully saturated rings. The van der Waals surface area contributed by atoms with Crippen molar-refractivity contribution in [1.29, 1.82) is 0 Å². The molecule has 0 N–H and O–H groups in total. The molecule has 0 atom stereocenters. The van der Waals surface area contributed by atoms with Gasteiger partial charge >= 0.3 is 5.97 Å². The van der Waals surface area contributed by atoms with E-state index in [-0.39, 0.29) is 5.97 Å². The van der Waals surface area contributed by atoms with Gasteiger partial charge in [-0.1, -0.05) is 25.1 Å². The van der Waals surface area contributed by atoms with Crippen molar-refractivity contribution in [1.82, 2.24) is 0 Å². The van der Waals surface area contributed by atoms with Gasteiger partial charge in [-0.15, -0.1) is 0 Å². The predicted octanol–water partition coefficient (Wildman–Crippen LogP) is 6.32. The molecule has 4 nitrogen and oxygen atoms in total. The van der Waals surface area contributed by atoms with Crippen molar-refractivity contribution in [2.45, 2.75) is 27.2 Å². The Morgan fingerprint density at radius 3 is 1.69 bits per heavy atom. The molecule has 0 aliphatic carbocycles. The highest BCUT2D eigenvalue weighted by Crippen LogP contribution is 2.36. The average Bonchev–Trinajstić information content (AvgIpc) is 2.77. The van der Waals surface area contributed by atoms with Gasteiger partial charge in [0.05, 0.1) is 0 Å². The maximum Gasteiger partial charge on any atom is 0.310 e. The maximum absolute atomic E-state index is 11.5. The number of anilines is 4. The third-order valence-electron chi connectivity index (χ3n) is 4.87. The SMILES string of the molecule is CCC(=O)Oc1ccc(N(c2ccccc2)c2ccc(N(CC)CC)cc2)cc1. The minimum atomic E-state index is -0.232. The molecule has 0 spiro atoms. The van der Waals surface area contributed by atoms with Crippen molar-refractivity contribution in [3.05, 3.63) is 78.9 Å². The number of carbonyl (C=O) groups excluding carboxylic acids is 1. The second-order valence-electron chi connectivity index (χ2n) is 6.68. The molecule has 0 saturated carbocycles. The van der Waals surface area contributed by atoms with Gasteiger partial charge in [-0.2, -0.15) is 0 Å². The van der Waals surface area contributed by atoms with Gasteiger partial charge in [-0.05, 0) is 74.5 Å². The fraction of sp³-hybridized carbons (Fsp3) is 0.240. The molecule has 0 radical (unpaired) electrons. The summed E-state index contributed by atoms with van der Waals surface area (Å²) in [5, 5.41) is 0. The van der Waals surface area contributed by atoms with E-state index in [1.807, 2.05) is 42.5 Å². The second kappa shape index (κ2) is 9.78. The van der Waals surface area contributed by atoms with Crippen LogP contribution in [0.1, 0.15) is 27.2 Å². The average molecular weight is 389 g/mol. The first-order valence-corrected chi connectivity index (χ1v) is 10.2. The molecule has 0 aromatic heterocycles. The number of para-hydroxylation sites is 1. The highest BCUT2D eigenvalue weighted by Gasteiger charge is 2.13. The van der Waals surface area contributed by atoms with Crippen LogP contribution in [0.25, 0.3) is 0 Å². The Kier molecular flexibility index (Phi) is 6.90. The van der Waals surface area contributed by atoms with Gasteiger partial charge in [0.2, 0.25) is 0 Å². The topological polar surface area (TPSA) is 32.8 Å². The van der Waals surface area contributed by atoms with Gasteiger partial charge < -0.3 is 14.5 Å². The zero-order chi connectivity index (χ0) is 20.6. The lowest BCUT2D eigenvalue weighted by Crippen LogP contribution is -2.21. The standard InChI is InChI=1S/C25H28N2O2/c1-4-25(28)29-24-18-16-23(17-19-24)27(21-10-8-7-9-11-21)22-14-12-20(13-15-22)26(5-2)6-3/h7-19H,4-6H2,1-3H3. The molecule has 4 heteroatoms.